The van der Waals surface area contributed by atoms with E-state index < -0.39 is 0 Å². The molecule has 0 aliphatic rings. The average molecular weight is 322 g/mol. The normalized spacial score (nSPS) is 10.6. The molecule has 0 bridgehead atoms. The highest BCUT2D eigenvalue weighted by Gasteiger charge is 2.14. The zero-order chi connectivity index (χ0) is 17.1. The van der Waals surface area contributed by atoms with Crippen LogP contribution in [-0.4, -0.2) is 22.4 Å². The van der Waals surface area contributed by atoms with Gasteiger partial charge < -0.3 is 9.47 Å². The predicted molar refractivity (Wildman–Crippen MR) is 92.7 cm³/mol. The molecule has 0 atom stereocenters. The number of hydrogen-bond donors (Lipinski definition) is 0. The summed E-state index contributed by atoms with van der Waals surface area (Å²) in [5, 5.41) is 0. The van der Waals surface area contributed by atoms with Crippen molar-refractivity contribution in [2.45, 2.75) is 13.5 Å². The molecule has 0 N–H and O–H groups in total. The Morgan fingerprint density at radius 2 is 1.75 bits per heavy atom. The number of carbonyl (C=O) groups excluding carboxylic acids is 1. The SMILES string of the molecule is Cc1ccc(C(=O)N(C)Cc2ccc(F)cc2)cc1-n1cccc1. The molecule has 0 fully saturated rings. The fourth-order valence-corrected chi connectivity index (χ4v) is 2.67. The number of carbonyl (C=O) groups is 1. The molecule has 0 saturated heterocycles. The van der Waals surface area contributed by atoms with Gasteiger partial charge in [-0.05, 0) is 54.4 Å². The monoisotopic (exact) mass is 322 g/mol. The molecule has 0 aliphatic carbocycles. The lowest BCUT2D eigenvalue weighted by Gasteiger charge is -2.18. The number of amides is 1. The van der Waals surface area contributed by atoms with E-state index in [4.69, 9.17) is 0 Å². The van der Waals surface area contributed by atoms with Gasteiger partial charge in [-0.3, -0.25) is 4.79 Å². The van der Waals surface area contributed by atoms with Crippen molar-refractivity contribution >= 4 is 5.91 Å². The Morgan fingerprint density at radius 1 is 1.08 bits per heavy atom. The van der Waals surface area contributed by atoms with Crippen molar-refractivity contribution in [1.82, 2.24) is 9.47 Å². The van der Waals surface area contributed by atoms with Crippen molar-refractivity contribution in [2.24, 2.45) is 0 Å². The Labute approximate surface area is 141 Å². The molecule has 3 aromatic rings. The van der Waals surface area contributed by atoms with Crippen LogP contribution >= 0.6 is 0 Å². The number of halogens is 1. The lowest BCUT2D eigenvalue weighted by atomic mass is 10.1. The molecule has 1 aromatic heterocycles. The fourth-order valence-electron chi connectivity index (χ4n) is 2.67. The second-order valence-corrected chi connectivity index (χ2v) is 5.88. The Hall–Kier alpha value is -2.88. The van der Waals surface area contributed by atoms with Gasteiger partial charge in [0, 0.05) is 37.2 Å². The standard InChI is InChI=1S/C20H19FN2O/c1-15-5-8-17(13-19(15)23-11-3-4-12-23)20(24)22(2)14-16-6-9-18(21)10-7-16/h3-13H,14H2,1-2H3. The third-order valence-corrected chi connectivity index (χ3v) is 4.02. The molecule has 24 heavy (non-hydrogen) atoms. The second kappa shape index (κ2) is 6.71. The second-order valence-electron chi connectivity index (χ2n) is 5.88. The van der Waals surface area contributed by atoms with Gasteiger partial charge in [0.2, 0.25) is 0 Å². The first-order valence-corrected chi connectivity index (χ1v) is 7.78. The van der Waals surface area contributed by atoms with Crippen molar-refractivity contribution in [2.75, 3.05) is 7.05 Å². The number of hydrogen-bond acceptors (Lipinski definition) is 1. The first-order chi connectivity index (χ1) is 11.5. The van der Waals surface area contributed by atoms with E-state index in [1.54, 1.807) is 24.1 Å². The van der Waals surface area contributed by atoms with E-state index in [1.807, 2.05) is 54.2 Å². The first-order valence-electron chi connectivity index (χ1n) is 7.78. The summed E-state index contributed by atoms with van der Waals surface area (Å²) in [6, 6.07) is 15.8. The zero-order valence-corrected chi connectivity index (χ0v) is 13.7. The summed E-state index contributed by atoms with van der Waals surface area (Å²) in [6.07, 6.45) is 3.91. The molecule has 122 valence electrons. The third-order valence-electron chi connectivity index (χ3n) is 4.02. The fraction of sp³-hybridized carbons (Fsp3) is 0.150. The minimum Gasteiger partial charge on any atom is -0.337 e. The largest absolute Gasteiger partial charge is 0.337 e. The molecule has 3 nitrogen and oxygen atoms in total. The van der Waals surface area contributed by atoms with Crippen LogP contribution in [0.2, 0.25) is 0 Å². The van der Waals surface area contributed by atoms with E-state index >= 15 is 0 Å². The molecule has 0 aliphatic heterocycles. The van der Waals surface area contributed by atoms with Crippen LogP contribution in [0, 0.1) is 12.7 Å². The smallest absolute Gasteiger partial charge is 0.253 e. The van der Waals surface area contributed by atoms with Gasteiger partial charge in [0.25, 0.3) is 5.91 Å². The van der Waals surface area contributed by atoms with Crippen LogP contribution in [0.1, 0.15) is 21.5 Å². The van der Waals surface area contributed by atoms with Gasteiger partial charge in [-0.15, -0.1) is 0 Å². The van der Waals surface area contributed by atoms with Crippen LogP contribution < -0.4 is 0 Å². The molecule has 0 saturated carbocycles. The number of rotatable bonds is 4. The van der Waals surface area contributed by atoms with Crippen molar-refractivity contribution in [3.8, 4) is 5.69 Å². The van der Waals surface area contributed by atoms with E-state index in [2.05, 4.69) is 0 Å². The highest BCUT2D eigenvalue weighted by Crippen LogP contribution is 2.18. The summed E-state index contributed by atoms with van der Waals surface area (Å²) < 4.78 is 15.0. The van der Waals surface area contributed by atoms with Gasteiger partial charge >= 0.3 is 0 Å². The summed E-state index contributed by atoms with van der Waals surface area (Å²) >= 11 is 0. The van der Waals surface area contributed by atoms with Crippen molar-refractivity contribution in [3.63, 3.8) is 0 Å². The number of aromatic nitrogens is 1. The maximum Gasteiger partial charge on any atom is 0.253 e. The summed E-state index contributed by atoms with van der Waals surface area (Å²) in [6.45, 7) is 2.46. The van der Waals surface area contributed by atoms with Crippen LogP contribution in [0.3, 0.4) is 0 Å². The van der Waals surface area contributed by atoms with Gasteiger partial charge in [-0.1, -0.05) is 18.2 Å². The van der Waals surface area contributed by atoms with E-state index in [1.165, 1.54) is 12.1 Å². The van der Waals surface area contributed by atoms with Crippen LogP contribution in [-0.2, 0) is 6.54 Å². The highest BCUT2D eigenvalue weighted by molar-refractivity contribution is 5.94. The lowest BCUT2D eigenvalue weighted by molar-refractivity contribution is 0.0785. The third kappa shape index (κ3) is 3.38. The molecule has 0 spiro atoms. The zero-order valence-electron chi connectivity index (χ0n) is 13.7. The molecule has 1 heterocycles. The Morgan fingerprint density at radius 3 is 2.42 bits per heavy atom. The summed E-state index contributed by atoms with van der Waals surface area (Å²) in [4.78, 5) is 14.3. The van der Waals surface area contributed by atoms with Gasteiger partial charge in [-0.2, -0.15) is 0 Å². The minimum absolute atomic E-state index is 0.0623. The molecule has 3 rings (SSSR count). The molecule has 1 amide bonds. The van der Waals surface area contributed by atoms with Crippen LogP contribution in [0.15, 0.2) is 67.0 Å². The van der Waals surface area contributed by atoms with Crippen LogP contribution in [0.25, 0.3) is 5.69 Å². The molecule has 0 radical (unpaired) electrons. The molecular formula is C20H19FN2O. The molecule has 0 unspecified atom stereocenters. The van der Waals surface area contributed by atoms with Crippen molar-refractivity contribution in [1.29, 1.82) is 0 Å². The maximum absolute atomic E-state index is 13.0. The van der Waals surface area contributed by atoms with Crippen LogP contribution in [0.4, 0.5) is 4.39 Å². The van der Waals surface area contributed by atoms with E-state index in [-0.39, 0.29) is 11.7 Å². The Kier molecular flexibility index (Phi) is 4.47. The summed E-state index contributed by atoms with van der Waals surface area (Å²) in [5.41, 5.74) is 3.61. The summed E-state index contributed by atoms with van der Waals surface area (Å²) in [5.74, 6) is -0.338. The molecule has 4 heteroatoms. The van der Waals surface area contributed by atoms with Crippen LogP contribution in [0.5, 0.6) is 0 Å². The number of aryl methyl sites for hydroxylation is 1. The Balaban J connectivity index is 1.81. The van der Waals surface area contributed by atoms with Crippen molar-refractivity contribution in [3.05, 3.63) is 89.5 Å². The average Bonchev–Trinajstić information content (AvgIpc) is 3.11. The predicted octanol–water partition coefficient (Wildman–Crippen LogP) is 4.20. The van der Waals surface area contributed by atoms with Gasteiger partial charge in [0.15, 0.2) is 0 Å². The van der Waals surface area contributed by atoms with Gasteiger partial charge in [0.1, 0.15) is 5.82 Å². The van der Waals surface area contributed by atoms with Gasteiger partial charge in [0.05, 0.1) is 0 Å². The topological polar surface area (TPSA) is 25.2 Å². The van der Waals surface area contributed by atoms with Crippen molar-refractivity contribution < 1.29 is 9.18 Å². The Bertz CT molecular complexity index is 839. The lowest BCUT2D eigenvalue weighted by Crippen LogP contribution is -2.26. The first kappa shape index (κ1) is 16.0. The number of benzene rings is 2. The maximum atomic E-state index is 13.0. The molecular weight excluding hydrogens is 303 g/mol. The highest BCUT2D eigenvalue weighted by atomic mass is 19.1. The quantitative estimate of drug-likeness (QED) is 0.707. The van der Waals surface area contributed by atoms with Gasteiger partial charge in [-0.25, -0.2) is 4.39 Å². The van der Waals surface area contributed by atoms with E-state index in [0.717, 1.165) is 16.8 Å². The van der Waals surface area contributed by atoms with E-state index in [0.29, 0.717) is 12.1 Å². The number of nitrogens with zero attached hydrogens (tertiary/aromatic N) is 2. The minimum atomic E-state index is -0.275. The van der Waals surface area contributed by atoms with E-state index in [9.17, 15) is 9.18 Å². The summed E-state index contributed by atoms with van der Waals surface area (Å²) in [7, 11) is 1.75. The molecule has 2 aromatic carbocycles.